The second kappa shape index (κ2) is 5.51. The lowest BCUT2D eigenvalue weighted by Gasteiger charge is -2.38. The Morgan fingerprint density at radius 1 is 1.16 bits per heavy atom. The van der Waals surface area contributed by atoms with Gasteiger partial charge < -0.3 is 10.4 Å². The summed E-state index contributed by atoms with van der Waals surface area (Å²) in [5.41, 5.74) is 0.0765. The standard InChI is InChI=1S/C15H25NO3/c1-15(2)8-4-3-5-12(15)13(17)16-11-7-6-10(9-11)14(18)19/h10-12H,3-9H2,1-2H3,(H,16,17)(H,18,19). The number of hydrogen-bond donors (Lipinski definition) is 2. The maximum atomic E-state index is 12.4. The first kappa shape index (κ1) is 14.4. The topological polar surface area (TPSA) is 66.4 Å². The fraction of sp³-hybridized carbons (Fsp3) is 0.867. The molecule has 0 heterocycles. The molecule has 0 aromatic carbocycles. The van der Waals surface area contributed by atoms with Crippen molar-refractivity contribution in [3.63, 3.8) is 0 Å². The summed E-state index contributed by atoms with van der Waals surface area (Å²) in [6.45, 7) is 4.34. The van der Waals surface area contributed by atoms with E-state index in [1.807, 2.05) is 0 Å². The minimum atomic E-state index is -0.727. The predicted molar refractivity (Wildman–Crippen MR) is 72.6 cm³/mol. The van der Waals surface area contributed by atoms with Gasteiger partial charge in [-0.1, -0.05) is 26.7 Å². The summed E-state index contributed by atoms with van der Waals surface area (Å²) in [6.07, 6.45) is 6.49. The highest BCUT2D eigenvalue weighted by molar-refractivity contribution is 5.80. The van der Waals surface area contributed by atoms with Crippen LogP contribution in [-0.4, -0.2) is 23.0 Å². The van der Waals surface area contributed by atoms with E-state index in [4.69, 9.17) is 5.11 Å². The lowest BCUT2D eigenvalue weighted by molar-refractivity contribution is -0.141. The third-order valence-electron chi connectivity index (χ3n) is 4.95. The number of nitrogens with one attached hydrogen (secondary N) is 1. The van der Waals surface area contributed by atoms with E-state index in [2.05, 4.69) is 19.2 Å². The smallest absolute Gasteiger partial charge is 0.306 e. The van der Waals surface area contributed by atoms with Gasteiger partial charge in [-0.3, -0.25) is 9.59 Å². The number of amides is 1. The van der Waals surface area contributed by atoms with Gasteiger partial charge >= 0.3 is 5.97 Å². The molecule has 2 fully saturated rings. The zero-order chi connectivity index (χ0) is 14.0. The van der Waals surface area contributed by atoms with Crippen molar-refractivity contribution in [2.75, 3.05) is 0 Å². The number of carbonyl (C=O) groups is 2. The van der Waals surface area contributed by atoms with Gasteiger partial charge in [-0.15, -0.1) is 0 Å². The molecule has 3 unspecified atom stereocenters. The lowest BCUT2D eigenvalue weighted by Crippen LogP contribution is -2.44. The van der Waals surface area contributed by atoms with Crippen LogP contribution >= 0.6 is 0 Å². The fourth-order valence-electron chi connectivity index (χ4n) is 3.62. The van der Waals surface area contributed by atoms with Crippen molar-refractivity contribution < 1.29 is 14.7 Å². The maximum Gasteiger partial charge on any atom is 0.306 e. The Bertz CT molecular complexity index is 364. The SMILES string of the molecule is CC1(C)CCCCC1C(=O)NC1CCC(C(=O)O)C1. The molecule has 0 radical (unpaired) electrons. The molecule has 0 spiro atoms. The predicted octanol–water partition coefficient (Wildman–Crippen LogP) is 2.57. The number of carboxylic acids is 1. The summed E-state index contributed by atoms with van der Waals surface area (Å²) in [6, 6.07) is 0.0614. The molecule has 2 aliphatic rings. The van der Waals surface area contributed by atoms with Gasteiger partial charge in [0.2, 0.25) is 5.91 Å². The van der Waals surface area contributed by atoms with Crippen LogP contribution in [0.1, 0.15) is 58.8 Å². The van der Waals surface area contributed by atoms with E-state index in [0.29, 0.717) is 12.8 Å². The number of rotatable bonds is 3. The minimum Gasteiger partial charge on any atom is -0.481 e. The van der Waals surface area contributed by atoms with Crippen LogP contribution in [0.25, 0.3) is 0 Å². The van der Waals surface area contributed by atoms with Gasteiger partial charge in [0.05, 0.1) is 5.92 Å². The van der Waals surface area contributed by atoms with Crippen molar-refractivity contribution >= 4 is 11.9 Å². The van der Waals surface area contributed by atoms with Gasteiger partial charge in [-0.25, -0.2) is 0 Å². The third-order valence-corrected chi connectivity index (χ3v) is 4.95. The molecular weight excluding hydrogens is 242 g/mol. The molecular formula is C15H25NO3. The van der Waals surface area contributed by atoms with E-state index in [-0.39, 0.29) is 29.2 Å². The van der Waals surface area contributed by atoms with Crippen molar-refractivity contribution in [3.8, 4) is 0 Å². The minimum absolute atomic E-state index is 0.0614. The van der Waals surface area contributed by atoms with E-state index in [1.165, 1.54) is 6.42 Å². The number of carbonyl (C=O) groups excluding carboxylic acids is 1. The van der Waals surface area contributed by atoms with Crippen LogP contribution < -0.4 is 5.32 Å². The summed E-state index contributed by atoms with van der Waals surface area (Å²) < 4.78 is 0. The van der Waals surface area contributed by atoms with Crippen LogP contribution in [0.5, 0.6) is 0 Å². The summed E-state index contributed by atoms with van der Waals surface area (Å²) >= 11 is 0. The van der Waals surface area contributed by atoms with Crippen molar-refractivity contribution in [3.05, 3.63) is 0 Å². The van der Waals surface area contributed by atoms with E-state index in [1.54, 1.807) is 0 Å². The van der Waals surface area contributed by atoms with Gasteiger partial charge in [0.1, 0.15) is 0 Å². The Kier molecular flexibility index (Phi) is 4.16. The molecule has 3 atom stereocenters. The normalized spacial score (nSPS) is 33.9. The van der Waals surface area contributed by atoms with Gasteiger partial charge in [0.25, 0.3) is 0 Å². The average molecular weight is 267 g/mol. The number of carboxylic acid groups (broad SMARTS) is 1. The van der Waals surface area contributed by atoms with Crippen LogP contribution in [0.4, 0.5) is 0 Å². The molecule has 4 heteroatoms. The molecule has 0 aliphatic heterocycles. The average Bonchev–Trinajstić information content (AvgIpc) is 2.76. The molecule has 1 amide bonds. The van der Waals surface area contributed by atoms with E-state index < -0.39 is 5.97 Å². The van der Waals surface area contributed by atoms with E-state index >= 15 is 0 Å². The first-order chi connectivity index (χ1) is 8.90. The van der Waals surface area contributed by atoms with E-state index in [0.717, 1.165) is 25.7 Å². The molecule has 4 nitrogen and oxygen atoms in total. The third kappa shape index (κ3) is 3.28. The zero-order valence-corrected chi connectivity index (χ0v) is 11.9. The Hall–Kier alpha value is -1.06. The molecule has 2 aliphatic carbocycles. The van der Waals surface area contributed by atoms with E-state index in [9.17, 15) is 9.59 Å². The van der Waals surface area contributed by atoms with Crippen LogP contribution in [-0.2, 0) is 9.59 Å². The molecule has 0 aromatic rings. The molecule has 0 saturated heterocycles. The molecule has 2 saturated carbocycles. The number of aliphatic carboxylic acids is 1. The molecule has 0 bridgehead atoms. The van der Waals surface area contributed by atoms with Crippen molar-refractivity contribution in [1.29, 1.82) is 0 Å². The fourth-order valence-corrected chi connectivity index (χ4v) is 3.62. The van der Waals surface area contributed by atoms with Gasteiger partial charge in [-0.05, 0) is 37.5 Å². The summed E-state index contributed by atoms with van der Waals surface area (Å²) in [7, 11) is 0. The maximum absolute atomic E-state index is 12.4. The van der Waals surface area contributed by atoms with Crippen LogP contribution in [0.15, 0.2) is 0 Å². The Balaban J connectivity index is 1.89. The summed E-state index contributed by atoms with van der Waals surface area (Å²) in [5.74, 6) is -0.773. The number of hydrogen-bond acceptors (Lipinski definition) is 2. The van der Waals surface area contributed by atoms with Gasteiger partial charge in [0, 0.05) is 12.0 Å². The molecule has 19 heavy (non-hydrogen) atoms. The first-order valence-electron chi connectivity index (χ1n) is 7.43. The highest BCUT2D eigenvalue weighted by Crippen LogP contribution is 2.40. The lowest BCUT2D eigenvalue weighted by atomic mass is 9.68. The highest BCUT2D eigenvalue weighted by Gasteiger charge is 2.39. The van der Waals surface area contributed by atoms with Gasteiger partial charge in [0.15, 0.2) is 0 Å². The molecule has 2 N–H and O–H groups in total. The Labute approximate surface area is 115 Å². The van der Waals surface area contributed by atoms with Crippen LogP contribution in [0.3, 0.4) is 0 Å². The van der Waals surface area contributed by atoms with Crippen molar-refractivity contribution in [2.24, 2.45) is 17.3 Å². The van der Waals surface area contributed by atoms with Gasteiger partial charge in [-0.2, -0.15) is 0 Å². The molecule has 108 valence electrons. The van der Waals surface area contributed by atoms with Crippen molar-refractivity contribution in [1.82, 2.24) is 5.32 Å². The second-order valence-electron chi connectivity index (χ2n) is 6.84. The van der Waals surface area contributed by atoms with Crippen LogP contribution in [0, 0.1) is 17.3 Å². The van der Waals surface area contributed by atoms with Crippen LogP contribution in [0.2, 0.25) is 0 Å². The largest absolute Gasteiger partial charge is 0.481 e. The molecule has 2 rings (SSSR count). The monoisotopic (exact) mass is 267 g/mol. The second-order valence-corrected chi connectivity index (χ2v) is 6.84. The zero-order valence-electron chi connectivity index (χ0n) is 11.9. The Morgan fingerprint density at radius 2 is 1.89 bits per heavy atom. The first-order valence-corrected chi connectivity index (χ1v) is 7.43. The summed E-state index contributed by atoms with van der Waals surface area (Å²) in [4.78, 5) is 23.3. The Morgan fingerprint density at radius 3 is 2.47 bits per heavy atom. The van der Waals surface area contributed by atoms with Crippen molar-refractivity contribution in [2.45, 2.75) is 64.8 Å². The molecule has 0 aromatic heterocycles. The highest BCUT2D eigenvalue weighted by atomic mass is 16.4. The summed E-state index contributed by atoms with van der Waals surface area (Å²) in [5, 5.41) is 12.1. The quantitative estimate of drug-likeness (QED) is 0.826.